The van der Waals surface area contributed by atoms with Crippen LogP contribution in [0, 0.1) is 0 Å². The van der Waals surface area contributed by atoms with Crippen LogP contribution in [0.4, 0.5) is 0 Å². The maximum atomic E-state index is 11.6. The first-order valence-corrected chi connectivity index (χ1v) is 8.15. The van der Waals surface area contributed by atoms with Crippen LogP contribution in [0.3, 0.4) is 0 Å². The number of carbonyl (C=O) groups is 1. The minimum atomic E-state index is -3.00. The third-order valence-electron chi connectivity index (χ3n) is 1.53. The van der Waals surface area contributed by atoms with Crippen molar-refractivity contribution in [2.45, 2.75) is 19.3 Å². The van der Waals surface area contributed by atoms with Gasteiger partial charge in [0.2, 0.25) is 5.91 Å². The molecule has 0 aliphatic rings. The Balaban J connectivity index is 3.86. The smallest absolute Gasteiger partial charge is 0.309 e. The summed E-state index contributed by atoms with van der Waals surface area (Å²) in [7, 11) is 1.32. The molecule has 0 aliphatic heterocycles. The van der Waals surface area contributed by atoms with Gasteiger partial charge >= 0.3 is 6.72 Å². The fourth-order valence-corrected chi connectivity index (χ4v) is 2.72. The first kappa shape index (κ1) is 14.3. The molecule has 1 N–H and O–H groups in total. The molecular weight excluding hydrogens is 245 g/mol. The van der Waals surface area contributed by atoms with E-state index >= 15 is 0 Å². The lowest BCUT2D eigenvalue weighted by Gasteiger charge is -2.13. The Kier molecular flexibility index (Phi) is 7.74. The summed E-state index contributed by atoms with van der Waals surface area (Å²) in [5, 5.41) is 2.37. The van der Waals surface area contributed by atoms with Crippen LogP contribution in [-0.2, 0) is 13.9 Å². The maximum absolute atomic E-state index is 11.6. The number of nitrogens with one attached hydrogen (secondary N) is 1. The number of halogens is 1. The van der Waals surface area contributed by atoms with Gasteiger partial charge in [0, 0.05) is 19.4 Å². The number of amides is 1. The van der Waals surface area contributed by atoms with E-state index in [1.807, 2.05) is 0 Å². The van der Waals surface area contributed by atoms with Crippen LogP contribution in [0.2, 0.25) is 0 Å². The Labute approximate surface area is 93.4 Å². The van der Waals surface area contributed by atoms with E-state index < -0.39 is 6.72 Å². The molecule has 0 heterocycles. The monoisotopic (exact) mass is 259 g/mol. The van der Waals surface area contributed by atoms with Gasteiger partial charge in [0.25, 0.3) is 0 Å². The zero-order chi connectivity index (χ0) is 11.0. The van der Waals surface area contributed by atoms with Crippen molar-refractivity contribution in [3.63, 3.8) is 0 Å². The highest BCUT2D eigenvalue weighted by Crippen LogP contribution is 2.53. The highest BCUT2D eigenvalue weighted by Gasteiger charge is 2.22. The lowest BCUT2D eigenvalue weighted by Crippen LogP contribution is -2.19. The summed E-state index contributed by atoms with van der Waals surface area (Å²) in [4.78, 5) is 11.2. The van der Waals surface area contributed by atoms with Crippen molar-refractivity contribution in [3.8, 4) is 0 Å². The number of hydrogen-bond acceptors (Lipinski definition) is 4. The third kappa shape index (κ3) is 5.91. The van der Waals surface area contributed by atoms with Gasteiger partial charge in [-0.3, -0.25) is 14.4 Å². The molecule has 0 aromatic rings. The summed E-state index contributed by atoms with van der Waals surface area (Å²) in [5.41, 5.74) is 0. The molecule has 1 unspecified atom stereocenters. The highest BCUT2D eigenvalue weighted by molar-refractivity contribution is 8.55. The van der Waals surface area contributed by atoms with Crippen LogP contribution in [0.15, 0.2) is 0 Å². The Morgan fingerprint density at radius 3 is 2.64 bits per heavy atom. The van der Waals surface area contributed by atoms with Gasteiger partial charge in [0.05, 0.1) is 0 Å². The van der Waals surface area contributed by atoms with E-state index in [0.717, 1.165) is 17.8 Å². The second-order valence-corrected chi connectivity index (χ2v) is 7.41. The molecule has 0 spiro atoms. The standard InChI is InChI=1S/C7H15ClNO3PS/c1-12-13(11,14-2)9-7(10)5-3-4-6-8/h3-6H2,1-2H3,(H,9,10,11). The van der Waals surface area contributed by atoms with Crippen LogP contribution in [-0.4, -0.2) is 25.2 Å². The Morgan fingerprint density at radius 1 is 1.57 bits per heavy atom. The summed E-state index contributed by atoms with van der Waals surface area (Å²) >= 11 is 6.47. The summed E-state index contributed by atoms with van der Waals surface area (Å²) in [6.07, 6.45) is 3.45. The maximum Gasteiger partial charge on any atom is 0.352 e. The van der Waals surface area contributed by atoms with Crippen LogP contribution >= 0.6 is 29.7 Å². The Bertz CT molecular complexity index is 219. The summed E-state index contributed by atoms with van der Waals surface area (Å²) in [5.74, 6) is 0.284. The molecule has 4 nitrogen and oxygen atoms in total. The minimum absolute atomic E-state index is 0.255. The van der Waals surface area contributed by atoms with Crippen molar-refractivity contribution in [2.24, 2.45) is 0 Å². The van der Waals surface area contributed by atoms with Gasteiger partial charge in [-0.15, -0.1) is 11.6 Å². The SMILES string of the molecule is COP(=O)(NC(=O)CCCCCl)SC. The first-order valence-electron chi connectivity index (χ1n) is 4.16. The number of carbonyl (C=O) groups excluding carboxylic acids is 1. The molecule has 0 bridgehead atoms. The molecule has 0 saturated carbocycles. The lowest BCUT2D eigenvalue weighted by atomic mass is 10.2. The Hall–Kier alpha value is 0.300. The average Bonchev–Trinajstić information content (AvgIpc) is 2.18. The molecule has 7 heteroatoms. The van der Waals surface area contributed by atoms with E-state index in [1.54, 1.807) is 6.26 Å². The molecule has 0 fully saturated rings. The second-order valence-electron chi connectivity index (χ2n) is 2.54. The van der Waals surface area contributed by atoms with Gasteiger partial charge in [-0.25, -0.2) is 0 Å². The molecule has 0 aliphatic carbocycles. The van der Waals surface area contributed by atoms with Crippen molar-refractivity contribution >= 4 is 35.6 Å². The van der Waals surface area contributed by atoms with E-state index in [0.29, 0.717) is 18.7 Å². The van der Waals surface area contributed by atoms with E-state index in [9.17, 15) is 9.36 Å². The van der Waals surface area contributed by atoms with Crippen LogP contribution in [0.25, 0.3) is 0 Å². The largest absolute Gasteiger partial charge is 0.352 e. The van der Waals surface area contributed by atoms with Crippen molar-refractivity contribution in [1.82, 2.24) is 5.09 Å². The zero-order valence-electron chi connectivity index (χ0n) is 8.29. The second kappa shape index (κ2) is 7.57. The average molecular weight is 260 g/mol. The summed E-state index contributed by atoms with van der Waals surface area (Å²) < 4.78 is 16.3. The van der Waals surface area contributed by atoms with Gasteiger partial charge in [-0.2, -0.15) is 0 Å². The lowest BCUT2D eigenvalue weighted by molar-refractivity contribution is -0.119. The molecule has 14 heavy (non-hydrogen) atoms. The number of unbranched alkanes of at least 4 members (excludes halogenated alkanes) is 1. The Morgan fingerprint density at radius 2 is 2.21 bits per heavy atom. The number of hydrogen-bond donors (Lipinski definition) is 1. The van der Waals surface area contributed by atoms with E-state index in [-0.39, 0.29) is 5.91 Å². The van der Waals surface area contributed by atoms with Crippen molar-refractivity contribution in [3.05, 3.63) is 0 Å². The third-order valence-corrected chi connectivity index (χ3v) is 5.44. The molecule has 0 radical (unpaired) electrons. The molecule has 1 atom stereocenters. The fourth-order valence-electron chi connectivity index (χ4n) is 0.754. The predicted molar refractivity (Wildman–Crippen MR) is 60.8 cm³/mol. The van der Waals surface area contributed by atoms with Gasteiger partial charge in [-0.1, -0.05) is 11.4 Å². The zero-order valence-corrected chi connectivity index (χ0v) is 10.8. The molecule has 84 valence electrons. The van der Waals surface area contributed by atoms with Gasteiger partial charge in [0.15, 0.2) is 0 Å². The molecule has 1 amide bonds. The van der Waals surface area contributed by atoms with Gasteiger partial charge in [0.1, 0.15) is 0 Å². The molecule has 0 aromatic carbocycles. The van der Waals surface area contributed by atoms with E-state index in [1.165, 1.54) is 7.11 Å². The molecule has 0 rings (SSSR count). The molecule has 0 saturated heterocycles. The van der Waals surface area contributed by atoms with Crippen LogP contribution < -0.4 is 5.09 Å². The molecule has 0 aromatic heterocycles. The van der Waals surface area contributed by atoms with E-state index in [2.05, 4.69) is 5.09 Å². The van der Waals surface area contributed by atoms with Crippen LogP contribution in [0.1, 0.15) is 19.3 Å². The number of alkyl halides is 1. The highest BCUT2D eigenvalue weighted by atomic mass is 35.5. The van der Waals surface area contributed by atoms with Crippen molar-refractivity contribution in [1.29, 1.82) is 0 Å². The minimum Gasteiger partial charge on any atom is -0.309 e. The van der Waals surface area contributed by atoms with Gasteiger partial charge < -0.3 is 4.52 Å². The normalized spacial score (nSPS) is 14.8. The number of rotatable bonds is 7. The fraction of sp³-hybridized carbons (Fsp3) is 0.857. The quantitative estimate of drug-likeness (QED) is 0.434. The molecular formula is C7H15ClNO3PS. The summed E-state index contributed by atoms with van der Waals surface area (Å²) in [6.45, 7) is -3.00. The van der Waals surface area contributed by atoms with Crippen molar-refractivity contribution < 1.29 is 13.9 Å². The topological polar surface area (TPSA) is 55.4 Å². The predicted octanol–water partition coefficient (Wildman–Crippen LogP) is 2.63. The summed E-state index contributed by atoms with van der Waals surface area (Å²) in [6, 6.07) is 0. The van der Waals surface area contributed by atoms with Crippen molar-refractivity contribution in [2.75, 3.05) is 19.2 Å². The first-order chi connectivity index (χ1) is 6.58. The van der Waals surface area contributed by atoms with E-state index in [4.69, 9.17) is 16.1 Å². The van der Waals surface area contributed by atoms with Crippen LogP contribution in [0.5, 0.6) is 0 Å². The van der Waals surface area contributed by atoms with Gasteiger partial charge in [-0.05, 0) is 19.1 Å².